The summed E-state index contributed by atoms with van der Waals surface area (Å²) >= 11 is 0. The molecule has 0 aromatic heterocycles. The van der Waals surface area contributed by atoms with Gasteiger partial charge >= 0.3 is 0 Å². The second kappa shape index (κ2) is 6.61. The van der Waals surface area contributed by atoms with Crippen LogP contribution in [0.2, 0.25) is 0 Å². The Morgan fingerprint density at radius 1 is 1.00 bits per heavy atom. The summed E-state index contributed by atoms with van der Waals surface area (Å²) in [6.45, 7) is 6.76. The molecule has 2 unspecified atom stereocenters. The predicted octanol–water partition coefficient (Wildman–Crippen LogP) is 3.24. The van der Waals surface area contributed by atoms with Crippen LogP contribution in [-0.2, 0) is 0 Å². The lowest BCUT2D eigenvalue weighted by Gasteiger charge is -2.37. The Kier molecular flexibility index (Phi) is 5.77. The van der Waals surface area contributed by atoms with Gasteiger partial charge in [-0.15, -0.1) is 0 Å². The molecule has 0 heterocycles. The molecule has 1 rings (SSSR count). The zero-order valence-corrected chi connectivity index (χ0v) is 11.3. The van der Waals surface area contributed by atoms with E-state index in [1.165, 1.54) is 19.3 Å². The van der Waals surface area contributed by atoms with Crippen LogP contribution in [0.15, 0.2) is 0 Å². The molecular formula is C14H29NO. The van der Waals surface area contributed by atoms with Crippen LogP contribution in [-0.4, -0.2) is 22.8 Å². The van der Waals surface area contributed by atoms with Gasteiger partial charge in [-0.1, -0.05) is 40.0 Å². The molecule has 0 aliphatic heterocycles. The maximum atomic E-state index is 10.1. The fraction of sp³-hybridized carbons (Fsp3) is 1.00. The van der Waals surface area contributed by atoms with Gasteiger partial charge < -0.3 is 10.4 Å². The summed E-state index contributed by atoms with van der Waals surface area (Å²) < 4.78 is 0. The first-order valence-electron chi connectivity index (χ1n) is 7.13. The zero-order valence-electron chi connectivity index (χ0n) is 11.3. The van der Waals surface area contributed by atoms with E-state index in [9.17, 15) is 5.11 Å². The van der Waals surface area contributed by atoms with Gasteiger partial charge in [0.2, 0.25) is 0 Å². The molecule has 0 aromatic carbocycles. The number of rotatable bonds is 5. The van der Waals surface area contributed by atoms with E-state index in [0.29, 0.717) is 6.04 Å². The Morgan fingerprint density at radius 2 is 1.56 bits per heavy atom. The van der Waals surface area contributed by atoms with Crippen molar-refractivity contribution in [1.82, 2.24) is 5.32 Å². The van der Waals surface area contributed by atoms with Crippen molar-refractivity contribution in [2.45, 2.75) is 89.8 Å². The Hall–Kier alpha value is -0.0800. The van der Waals surface area contributed by atoms with Gasteiger partial charge in [0.15, 0.2) is 0 Å². The Labute approximate surface area is 101 Å². The summed E-state index contributed by atoms with van der Waals surface area (Å²) in [6.07, 6.45) is 9.20. The molecular weight excluding hydrogens is 198 g/mol. The quantitative estimate of drug-likeness (QED) is 0.707. The van der Waals surface area contributed by atoms with Crippen LogP contribution in [0.4, 0.5) is 0 Å². The van der Waals surface area contributed by atoms with Gasteiger partial charge in [0.25, 0.3) is 0 Å². The molecule has 0 radical (unpaired) electrons. The van der Waals surface area contributed by atoms with Crippen molar-refractivity contribution in [2.24, 2.45) is 0 Å². The fourth-order valence-corrected chi connectivity index (χ4v) is 2.91. The number of aliphatic hydroxyl groups excluding tert-OH is 1. The number of hydrogen-bond donors (Lipinski definition) is 2. The highest BCUT2D eigenvalue weighted by Crippen LogP contribution is 2.25. The third kappa shape index (κ3) is 3.46. The van der Waals surface area contributed by atoms with Crippen molar-refractivity contribution in [1.29, 1.82) is 0 Å². The van der Waals surface area contributed by atoms with Crippen molar-refractivity contribution in [3.05, 3.63) is 0 Å². The maximum absolute atomic E-state index is 10.1. The lowest BCUT2D eigenvalue weighted by Crippen LogP contribution is -2.53. The standard InChI is InChI=1S/C14H29NO/c1-4-14(5-2,6-3)15-12-10-8-7-9-11-13(12)16/h12-13,15-16H,4-11H2,1-3H3. The summed E-state index contributed by atoms with van der Waals surface area (Å²) in [4.78, 5) is 0. The monoisotopic (exact) mass is 227 g/mol. The number of hydrogen-bond acceptors (Lipinski definition) is 2. The molecule has 16 heavy (non-hydrogen) atoms. The first-order chi connectivity index (χ1) is 7.67. The molecule has 96 valence electrons. The van der Waals surface area contributed by atoms with Crippen LogP contribution >= 0.6 is 0 Å². The summed E-state index contributed by atoms with van der Waals surface area (Å²) in [5.41, 5.74) is 0.246. The smallest absolute Gasteiger partial charge is 0.0693 e. The van der Waals surface area contributed by atoms with Crippen molar-refractivity contribution in [3.8, 4) is 0 Å². The first kappa shape index (κ1) is 14.0. The minimum absolute atomic E-state index is 0.133. The first-order valence-corrected chi connectivity index (χ1v) is 7.13. The van der Waals surface area contributed by atoms with Gasteiger partial charge in [0.05, 0.1) is 6.10 Å². The molecule has 2 N–H and O–H groups in total. The molecule has 0 spiro atoms. The molecule has 2 nitrogen and oxygen atoms in total. The second-order valence-electron chi connectivity index (χ2n) is 5.30. The van der Waals surface area contributed by atoms with Gasteiger partial charge in [0, 0.05) is 11.6 Å². The molecule has 1 aliphatic rings. The average molecular weight is 227 g/mol. The Morgan fingerprint density at radius 3 is 2.12 bits per heavy atom. The van der Waals surface area contributed by atoms with Gasteiger partial charge in [0.1, 0.15) is 0 Å². The molecule has 1 aliphatic carbocycles. The van der Waals surface area contributed by atoms with E-state index < -0.39 is 0 Å². The van der Waals surface area contributed by atoms with E-state index in [2.05, 4.69) is 26.1 Å². The summed E-state index contributed by atoms with van der Waals surface area (Å²) in [5.74, 6) is 0. The van der Waals surface area contributed by atoms with E-state index in [1.807, 2.05) is 0 Å². The highest BCUT2D eigenvalue weighted by atomic mass is 16.3. The third-order valence-electron chi connectivity index (χ3n) is 4.50. The topological polar surface area (TPSA) is 32.3 Å². The van der Waals surface area contributed by atoms with Crippen molar-refractivity contribution < 1.29 is 5.11 Å². The molecule has 1 fully saturated rings. The summed E-state index contributed by atoms with van der Waals surface area (Å²) in [6, 6.07) is 0.322. The summed E-state index contributed by atoms with van der Waals surface area (Å²) in [7, 11) is 0. The van der Waals surface area contributed by atoms with Crippen molar-refractivity contribution >= 4 is 0 Å². The fourth-order valence-electron chi connectivity index (χ4n) is 2.91. The third-order valence-corrected chi connectivity index (χ3v) is 4.50. The van der Waals surface area contributed by atoms with Gasteiger partial charge in [-0.25, -0.2) is 0 Å². The van der Waals surface area contributed by atoms with E-state index in [0.717, 1.165) is 32.1 Å². The van der Waals surface area contributed by atoms with Crippen LogP contribution in [0.3, 0.4) is 0 Å². The van der Waals surface area contributed by atoms with Crippen LogP contribution in [0.25, 0.3) is 0 Å². The van der Waals surface area contributed by atoms with Crippen molar-refractivity contribution in [3.63, 3.8) is 0 Å². The molecule has 2 heteroatoms. The SMILES string of the molecule is CCC(CC)(CC)NC1CCCCCC1O. The van der Waals surface area contributed by atoms with Crippen LogP contribution in [0, 0.1) is 0 Å². The molecule has 0 amide bonds. The number of nitrogens with one attached hydrogen (secondary N) is 1. The van der Waals surface area contributed by atoms with E-state index >= 15 is 0 Å². The zero-order chi connectivity index (χ0) is 12.0. The van der Waals surface area contributed by atoms with Crippen LogP contribution in [0.1, 0.15) is 72.1 Å². The Bertz CT molecular complexity index is 181. The molecule has 1 saturated carbocycles. The molecule has 0 saturated heterocycles. The van der Waals surface area contributed by atoms with Gasteiger partial charge in [-0.05, 0) is 32.1 Å². The highest BCUT2D eigenvalue weighted by molar-refractivity contribution is 4.90. The molecule has 2 atom stereocenters. The maximum Gasteiger partial charge on any atom is 0.0693 e. The highest BCUT2D eigenvalue weighted by Gasteiger charge is 2.30. The minimum Gasteiger partial charge on any atom is -0.392 e. The predicted molar refractivity (Wildman–Crippen MR) is 69.6 cm³/mol. The lowest BCUT2D eigenvalue weighted by atomic mass is 9.87. The van der Waals surface area contributed by atoms with Crippen LogP contribution in [0.5, 0.6) is 0 Å². The largest absolute Gasteiger partial charge is 0.392 e. The molecule has 0 bridgehead atoms. The minimum atomic E-state index is -0.133. The van der Waals surface area contributed by atoms with Crippen molar-refractivity contribution in [2.75, 3.05) is 0 Å². The van der Waals surface area contributed by atoms with E-state index in [-0.39, 0.29) is 11.6 Å². The van der Waals surface area contributed by atoms with Crippen LogP contribution < -0.4 is 5.32 Å². The lowest BCUT2D eigenvalue weighted by molar-refractivity contribution is 0.0937. The normalized spacial score (nSPS) is 27.8. The van der Waals surface area contributed by atoms with Gasteiger partial charge in [-0.2, -0.15) is 0 Å². The summed E-state index contributed by atoms with van der Waals surface area (Å²) in [5, 5.41) is 13.9. The van der Waals surface area contributed by atoms with E-state index in [4.69, 9.17) is 0 Å². The Balaban J connectivity index is 2.60. The molecule has 0 aromatic rings. The average Bonchev–Trinajstić information content (AvgIpc) is 2.52. The number of aliphatic hydroxyl groups is 1. The second-order valence-corrected chi connectivity index (χ2v) is 5.30. The van der Waals surface area contributed by atoms with Gasteiger partial charge in [-0.3, -0.25) is 0 Å². The van der Waals surface area contributed by atoms with E-state index in [1.54, 1.807) is 0 Å².